The van der Waals surface area contributed by atoms with Crippen LogP contribution in [0.5, 0.6) is 0 Å². The van der Waals surface area contributed by atoms with Crippen LogP contribution in [0.25, 0.3) is 0 Å². The van der Waals surface area contributed by atoms with Crippen LogP contribution in [-0.4, -0.2) is 37.1 Å². The molecule has 4 heteroatoms. The van der Waals surface area contributed by atoms with E-state index in [-0.39, 0.29) is 6.03 Å². The Kier molecular flexibility index (Phi) is 5.02. The average Bonchev–Trinajstić information content (AvgIpc) is 2.41. The van der Waals surface area contributed by atoms with E-state index in [1.165, 1.54) is 5.56 Å². The summed E-state index contributed by atoms with van der Waals surface area (Å²) in [4.78, 5) is 13.9. The largest absolute Gasteiger partial charge is 0.338 e. The highest BCUT2D eigenvalue weighted by molar-refractivity contribution is 5.74. The molecule has 0 radical (unpaired) electrons. The monoisotopic (exact) mass is 247 g/mol. The second-order valence-electron chi connectivity index (χ2n) is 4.60. The molecule has 2 N–H and O–H groups in total. The quantitative estimate of drug-likeness (QED) is 0.833. The molecule has 18 heavy (non-hydrogen) atoms. The highest BCUT2D eigenvalue weighted by atomic mass is 16.2. The summed E-state index contributed by atoms with van der Waals surface area (Å²) in [7, 11) is 0. The molecule has 98 valence electrons. The van der Waals surface area contributed by atoms with Gasteiger partial charge in [0.1, 0.15) is 0 Å². The number of nitrogens with zero attached hydrogens (tertiary/aromatic N) is 1. The summed E-state index contributed by atoms with van der Waals surface area (Å²) in [5, 5.41) is 6.35. The van der Waals surface area contributed by atoms with Crippen LogP contribution in [0, 0.1) is 0 Å². The van der Waals surface area contributed by atoms with Gasteiger partial charge in [0.2, 0.25) is 0 Å². The van der Waals surface area contributed by atoms with E-state index in [9.17, 15) is 4.79 Å². The van der Waals surface area contributed by atoms with Gasteiger partial charge < -0.3 is 15.5 Å². The van der Waals surface area contributed by atoms with Gasteiger partial charge in [-0.15, -0.1) is 0 Å². The lowest BCUT2D eigenvalue weighted by molar-refractivity contribution is 0.193. The first kappa shape index (κ1) is 12.9. The molecule has 1 aromatic carbocycles. The summed E-state index contributed by atoms with van der Waals surface area (Å²) in [5.74, 6) is 0. The molecule has 1 aromatic rings. The van der Waals surface area contributed by atoms with Crippen LogP contribution in [0.2, 0.25) is 0 Å². The molecule has 1 aliphatic rings. The molecule has 1 aliphatic heterocycles. The predicted molar refractivity (Wildman–Crippen MR) is 72.4 cm³/mol. The molecule has 0 aromatic heterocycles. The predicted octanol–water partition coefficient (Wildman–Crippen LogP) is 1.58. The fourth-order valence-corrected chi connectivity index (χ4v) is 2.10. The van der Waals surface area contributed by atoms with Gasteiger partial charge >= 0.3 is 6.03 Å². The fraction of sp³-hybridized carbons (Fsp3) is 0.500. The summed E-state index contributed by atoms with van der Waals surface area (Å²) in [5.41, 5.74) is 1.18. The maximum Gasteiger partial charge on any atom is 0.317 e. The maximum atomic E-state index is 12.0. The zero-order chi connectivity index (χ0) is 12.6. The minimum absolute atomic E-state index is 0.0563. The number of carbonyl (C=O) groups is 1. The number of benzene rings is 1. The molecular formula is C14H21N3O. The van der Waals surface area contributed by atoms with Crippen LogP contribution in [0.1, 0.15) is 18.4 Å². The van der Waals surface area contributed by atoms with Crippen molar-refractivity contribution in [1.29, 1.82) is 0 Å². The molecule has 0 aliphatic carbocycles. The van der Waals surface area contributed by atoms with Gasteiger partial charge in [-0.05, 0) is 31.5 Å². The maximum absolute atomic E-state index is 12.0. The van der Waals surface area contributed by atoms with E-state index in [1.54, 1.807) is 0 Å². The Morgan fingerprint density at radius 3 is 2.67 bits per heavy atom. The molecule has 0 saturated carbocycles. The van der Waals surface area contributed by atoms with Gasteiger partial charge in [-0.1, -0.05) is 30.3 Å². The van der Waals surface area contributed by atoms with E-state index in [0.29, 0.717) is 6.54 Å². The van der Waals surface area contributed by atoms with E-state index in [4.69, 9.17) is 0 Å². The number of hydrogen-bond acceptors (Lipinski definition) is 2. The van der Waals surface area contributed by atoms with Crippen molar-refractivity contribution in [3.63, 3.8) is 0 Å². The van der Waals surface area contributed by atoms with Crippen molar-refractivity contribution in [2.45, 2.75) is 19.4 Å². The number of hydrogen-bond donors (Lipinski definition) is 2. The van der Waals surface area contributed by atoms with Crippen molar-refractivity contribution in [2.75, 3.05) is 26.2 Å². The van der Waals surface area contributed by atoms with Crippen molar-refractivity contribution < 1.29 is 4.79 Å². The molecule has 2 amide bonds. The lowest BCUT2D eigenvalue weighted by atomic mass is 10.2. The summed E-state index contributed by atoms with van der Waals surface area (Å²) in [6, 6.07) is 10.2. The van der Waals surface area contributed by atoms with E-state index in [1.807, 2.05) is 23.1 Å². The van der Waals surface area contributed by atoms with Crippen molar-refractivity contribution in [1.82, 2.24) is 15.5 Å². The van der Waals surface area contributed by atoms with Crippen LogP contribution in [0.3, 0.4) is 0 Å². The van der Waals surface area contributed by atoms with E-state index < -0.39 is 0 Å². The van der Waals surface area contributed by atoms with Crippen molar-refractivity contribution in [3.05, 3.63) is 35.9 Å². The van der Waals surface area contributed by atoms with Crippen molar-refractivity contribution in [3.8, 4) is 0 Å². The second kappa shape index (κ2) is 7.01. The van der Waals surface area contributed by atoms with Gasteiger partial charge in [-0.2, -0.15) is 0 Å². The van der Waals surface area contributed by atoms with Crippen LogP contribution < -0.4 is 10.6 Å². The normalized spacial score (nSPS) is 18.2. The lowest BCUT2D eigenvalue weighted by Crippen LogP contribution is -2.42. The lowest BCUT2D eigenvalue weighted by Gasteiger charge is -2.24. The number of rotatable bonds is 2. The molecule has 0 spiro atoms. The average molecular weight is 247 g/mol. The molecule has 0 unspecified atom stereocenters. The Labute approximate surface area is 108 Å². The molecule has 1 heterocycles. The molecule has 0 bridgehead atoms. The summed E-state index contributed by atoms with van der Waals surface area (Å²) < 4.78 is 0. The first-order valence-electron chi connectivity index (χ1n) is 6.64. The molecule has 1 saturated heterocycles. The summed E-state index contributed by atoms with van der Waals surface area (Å²) in [6.45, 7) is 4.20. The smallest absolute Gasteiger partial charge is 0.317 e. The van der Waals surface area contributed by atoms with Gasteiger partial charge in [0.15, 0.2) is 0 Å². The Balaban J connectivity index is 1.95. The minimum atomic E-state index is 0.0563. The highest BCUT2D eigenvalue weighted by Gasteiger charge is 2.13. The Morgan fingerprint density at radius 1 is 1.06 bits per heavy atom. The SMILES string of the molecule is O=C1NCCCNCCCN1Cc1ccccc1. The van der Waals surface area contributed by atoms with Crippen molar-refractivity contribution in [2.24, 2.45) is 0 Å². The summed E-state index contributed by atoms with van der Waals surface area (Å²) >= 11 is 0. The van der Waals surface area contributed by atoms with Crippen LogP contribution >= 0.6 is 0 Å². The summed E-state index contributed by atoms with van der Waals surface area (Å²) in [6.07, 6.45) is 1.99. The fourth-order valence-electron chi connectivity index (χ4n) is 2.10. The Hall–Kier alpha value is -1.55. The first-order valence-corrected chi connectivity index (χ1v) is 6.64. The molecule has 4 nitrogen and oxygen atoms in total. The Bertz CT molecular complexity index is 367. The van der Waals surface area contributed by atoms with Crippen molar-refractivity contribution >= 4 is 6.03 Å². The topological polar surface area (TPSA) is 44.4 Å². The number of nitrogens with one attached hydrogen (secondary N) is 2. The van der Waals surface area contributed by atoms with E-state index in [2.05, 4.69) is 22.8 Å². The second-order valence-corrected chi connectivity index (χ2v) is 4.60. The van der Waals surface area contributed by atoms with E-state index in [0.717, 1.165) is 39.0 Å². The minimum Gasteiger partial charge on any atom is -0.338 e. The number of carbonyl (C=O) groups excluding carboxylic acids is 1. The molecule has 2 rings (SSSR count). The zero-order valence-electron chi connectivity index (χ0n) is 10.7. The molecule has 0 atom stereocenters. The van der Waals surface area contributed by atoms with Gasteiger partial charge in [-0.25, -0.2) is 4.79 Å². The zero-order valence-corrected chi connectivity index (χ0v) is 10.7. The van der Waals surface area contributed by atoms with Gasteiger partial charge in [-0.3, -0.25) is 0 Å². The molecule has 1 fully saturated rings. The van der Waals surface area contributed by atoms with Crippen LogP contribution in [0.4, 0.5) is 4.79 Å². The number of urea groups is 1. The number of amides is 2. The van der Waals surface area contributed by atoms with Gasteiger partial charge in [0, 0.05) is 19.6 Å². The molecular weight excluding hydrogens is 226 g/mol. The standard InChI is InChI=1S/C14H21N3O/c18-14-16-10-4-8-15-9-5-11-17(14)12-13-6-2-1-3-7-13/h1-3,6-7,15H,4-5,8-12H2,(H,16,18). The highest BCUT2D eigenvalue weighted by Crippen LogP contribution is 2.05. The van der Waals surface area contributed by atoms with Crippen LogP contribution in [0.15, 0.2) is 30.3 Å². The third kappa shape index (κ3) is 4.04. The van der Waals surface area contributed by atoms with Crippen LogP contribution in [-0.2, 0) is 6.54 Å². The Morgan fingerprint density at radius 2 is 1.83 bits per heavy atom. The third-order valence-electron chi connectivity index (χ3n) is 3.09. The third-order valence-corrected chi connectivity index (χ3v) is 3.09. The first-order chi connectivity index (χ1) is 8.86. The van der Waals surface area contributed by atoms with E-state index >= 15 is 0 Å². The van der Waals surface area contributed by atoms with Gasteiger partial charge in [0.25, 0.3) is 0 Å². The van der Waals surface area contributed by atoms with Gasteiger partial charge in [0.05, 0.1) is 0 Å².